The molecule has 0 unspecified atom stereocenters. The van der Waals surface area contributed by atoms with E-state index in [4.69, 9.17) is 4.74 Å². The van der Waals surface area contributed by atoms with Crippen LogP contribution < -0.4 is 10.3 Å². The number of rotatable bonds is 4. The first kappa shape index (κ1) is 17.8. The predicted molar refractivity (Wildman–Crippen MR) is 114 cm³/mol. The number of ether oxygens (including phenoxy) is 1. The maximum Gasteiger partial charge on any atom is 0.297 e. The van der Waals surface area contributed by atoms with Crippen LogP contribution in [0, 0.1) is 6.92 Å². The molecule has 0 amide bonds. The van der Waals surface area contributed by atoms with Gasteiger partial charge in [0.2, 0.25) is 0 Å². The third-order valence-corrected chi connectivity index (χ3v) is 4.94. The van der Waals surface area contributed by atoms with Crippen LogP contribution in [0.4, 0.5) is 5.69 Å². The van der Waals surface area contributed by atoms with E-state index >= 15 is 0 Å². The van der Waals surface area contributed by atoms with Crippen LogP contribution in [0.3, 0.4) is 0 Å². The topological polar surface area (TPSA) is 48.5 Å². The van der Waals surface area contributed by atoms with Crippen molar-refractivity contribution in [3.63, 3.8) is 0 Å². The number of benzene rings is 3. The lowest BCUT2D eigenvalue weighted by Gasteiger charge is -2.07. The molecule has 28 heavy (non-hydrogen) atoms. The minimum absolute atomic E-state index is 0.132. The van der Waals surface area contributed by atoms with Crippen molar-refractivity contribution in [2.24, 2.45) is 12.0 Å². The van der Waals surface area contributed by atoms with Gasteiger partial charge in [0.25, 0.3) is 5.56 Å². The third-order valence-electron chi connectivity index (χ3n) is 4.94. The second-order valence-corrected chi connectivity index (χ2v) is 6.64. The first-order chi connectivity index (χ1) is 13.6. The fourth-order valence-corrected chi connectivity index (χ4v) is 3.29. The minimum Gasteiger partial charge on any atom is -0.497 e. The number of hydrogen-bond donors (Lipinski definition) is 0. The summed E-state index contributed by atoms with van der Waals surface area (Å²) in [5.74, 6) is 0.829. The summed E-state index contributed by atoms with van der Waals surface area (Å²) in [4.78, 5) is 17.4. The number of fused-ring (bicyclic) bond motifs is 1. The van der Waals surface area contributed by atoms with Gasteiger partial charge in [0, 0.05) is 13.3 Å². The highest BCUT2D eigenvalue weighted by Gasteiger charge is 2.14. The average Bonchev–Trinajstić information content (AvgIpc) is 2.94. The summed E-state index contributed by atoms with van der Waals surface area (Å²) in [7, 11) is 3.53. The van der Waals surface area contributed by atoms with E-state index in [-0.39, 0.29) is 5.56 Å². The lowest BCUT2D eigenvalue weighted by atomic mass is 10.1. The Balaban J connectivity index is 1.72. The average molecular weight is 371 g/mol. The number of aromatic nitrogens is 2. The summed E-state index contributed by atoms with van der Waals surface area (Å²) in [5, 5.41) is 2.19. The molecular formula is C23H21N3O2. The van der Waals surface area contributed by atoms with E-state index in [1.54, 1.807) is 18.0 Å². The highest BCUT2D eigenvalue weighted by atomic mass is 16.5. The maximum atomic E-state index is 12.9. The minimum atomic E-state index is -0.132. The number of para-hydroxylation sites is 1. The molecule has 5 heteroatoms. The molecule has 0 saturated carbocycles. The van der Waals surface area contributed by atoms with Crippen molar-refractivity contribution < 1.29 is 4.74 Å². The van der Waals surface area contributed by atoms with Crippen LogP contribution in [-0.4, -0.2) is 22.7 Å². The predicted octanol–water partition coefficient (Wildman–Crippen LogP) is 4.40. The van der Waals surface area contributed by atoms with Crippen molar-refractivity contribution >= 4 is 22.7 Å². The zero-order valence-electron chi connectivity index (χ0n) is 16.1. The van der Waals surface area contributed by atoms with Gasteiger partial charge in [-0.15, -0.1) is 0 Å². The van der Waals surface area contributed by atoms with Crippen molar-refractivity contribution in [2.45, 2.75) is 6.92 Å². The molecule has 0 fully saturated rings. The lowest BCUT2D eigenvalue weighted by molar-refractivity contribution is 0.415. The summed E-state index contributed by atoms with van der Waals surface area (Å²) in [5.41, 5.74) is 2.88. The van der Waals surface area contributed by atoms with Gasteiger partial charge in [0.15, 0.2) is 5.69 Å². The van der Waals surface area contributed by atoms with Crippen molar-refractivity contribution in [3.05, 3.63) is 88.3 Å². The molecule has 0 atom stereocenters. The molecule has 3 aromatic carbocycles. The molecule has 1 heterocycles. The van der Waals surface area contributed by atoms with Gasteiger partial charge in [-0.05, 0) is 53.6 Å². The SMILES string of the molecule is COc1ccc2cc(C=Nc3c(C)n(C)n(-c4ccccc4)c3=O)ccc2c1. The molecule has 5 nitrogen and oxygen atoms in total. The van der Waals surface area contributed by atoms with E-state index in [9.17, 15) is 4.79 Å². The standard InChI is InChI=1S/C23H21N3O2/c1-16-22(23(27)26(25(16)2)20-7-5-4-6-8-20)24-15-17-9-10-19-14-21(28-3)12-11-18(19)13-17/h4-15H,1-3H3. The Hall–Kier alpha value is -3.60. The smallest absolute Gasteiger partial charge is 0.297 e. The first-order valence-electron chi connectivity index (χ1n) is 9.04. The fraction of sp³-hybridized carbons (Fsp3) is 0.130. The molecule has 0 aliphatic carbocycles. The molecule has 0 radical (unpaired) electrons. The quantitative estimate of drug-likeness (QED) is 0.499. The molecule has 1 aromatic heterocycles. The monoisotopic (exact) mass is 371 g/mol. The molecule has 0 spiro atoms. The Morgan fingerprint density at radius 2 is 1.68 bits per heavy atom. The number of aliphatic imine (C=N–C) groups is 1. The van der Waals surface area contributed by atoms with Gasteiger partial charge < -0.3 is 4.74 Å². The van der Waals surface area contributed by atoms with E-state index in [2.05, 4.69) is 4.99 Å². The van der Waals surface area contributed by atoms with Crippen LogP contribution in [0.2, 0.25) is 0 Å². The highest BCUT2D eigenvalue weighted by molar-refractivity contribution is 5.91. The Morgan fingerprint density at radius 3 is 2.43 bits per heavy atom. The second-order valence-electron chi connectivity index (χ2n) is 6.64. The molecule has 0 aliphatic heterocycles. The van der Waals surface area contributed by atoms with Gasteiger partial charge >= 0.3 is 0 Å². The van der Waals surface area contributed by atoms with E-state index in [0.717, 1.165) is 33.5 Å². The van der Waals surface area contributed by atoms with Crippen LogP contribution in [0.25, 0.3) is 16.5 Å². The van der Waals surface area contributed by atoms with Crippen LogP contribution in [-0.2, 0) is 7.05 Å². The van der Waals surface area contributed by atoms with Crippen LogP contribution >= 0.6 is 0 Å². The van der Waals surface area contributed by atoms with E-state index in [0.29, 0.717) is 5.69 Å². The van der Waals surface area contributed by atoms with Crippen molar-refractivity contribution in [2.75, 3.05) is 7.11 Å². The first-order valence-corrected chi connectivity index (χ1v) is 9.04. The van der Waals surface area contributed by atoms with Gasteiger partial charge in [-0.3, -0.25) is 9.48 Å². The van der Waals surface area contributed by atoms with Gasteiger partial charge in [0.1, 0.15) is 5.75 Å². The molecule has 140 valence electrons. The largest absolute Gasteiger partial charge is 0.497 e. The Bertz CT molecular complexity index is 1230. The molecule has 0 aliphatic rings. The highest BCUT2D eigenvalue weighted by Crippen LogP contribution is 2.22. The fourth-order valence-electron chi connectivity index (χ4n) is 3.29. The van der Waals surface area contributed by atoms with Gasteiger partial charge in [-0.1, -0.05) is 36.4 Å². The molecular weight excluding hydrogens is 350 g/mol. The summed E-state index contributed by atoms with van der Waals surface area (Å²) in [6.07, 6.45) is 1.74. The summed E-state index contributed by atoms with van der Waals surface area (Å²) in [6.45, 7) is 1.90. The number of methoxy groups -OCH3 is 1. The van der Waals surface area contributed by atoms with Gasteiger partial charge in [-0.2, -0.15) is 0 Å². The summed E-state index contributed by atoms with van der Waals surface area (Å²) in [6, 6.07) is 21.6. The van der Waals surface area contributed by atoms with E-state index in [1.807, 2.05) is 85.4 Å². The van der Waals surface area contributed by atoms with Gasteiger partial charge in [0.05, 0.1) is 18.5 Å². The second kappa shape index (κ2) is 7.19. The number of hydrogen-bond acceptors (Lipinski definition) is 3. The summed E-state index contributed by atoms with van der Waals surface area (Å²) >= 11 is 0. The van der Waals surface area contributed by atoms with E-state index < -0.39 is 0 Å². The van der Waals surface area contributed by atoms with Crippen molar-refractivity contribution in [1.82, 2.24) is 9.36 Å². The molecule has 4 aromatic rings. The molecule has 0 bridgehead atoms. The molecule has 0 N–H and O–H groups in total. The summed E-state index contributed by atoms with van der Waals surface area (Å²) < 4.78 is 8.73. The van der Waals surface area contributed by atoms with Crippen molar-refractivity contribution in [1.29, 1.82) is 0 Å². The maximum absolute atomic E-state index is 12.9. The number of nitrogens with zero attached hydrogens (tertiary/aromatic N) is 3. The third kappa shape index (κ3) is 3.11. The molecule has 0 saturated heterocycles. The van der Waals surface area contributed by atoms with Crippen molar-refractivity contribution in [3.8, 4) is 11.4 Å². The zero-order valence-corrected chi connectivity index (χ0v) is 16.1. The Morgan fingerprint density at radius 1 is 0.964 bits per heavy atom. The Kier molecular flexibility index (Phi) is 4.57. The van der Waals surface area contributed by atoms with Crippen LogP contribution in [0.5, 0.6) is 5.75 Å². The zero-order chi connectivity index (χ0) is 19.7. The molecule has 4 rings (SSSR count). The van der Waals surface area contributed by atoms with Gasteiger partial charge in [-0.25, -0.2) is 9.67 Å². The Labute approximate surface area is 163 Å². The van der Waals surface area contributed by atoms with Crippen LogP contribution in [0.1, 0.15) is 11.3 Å². The normalized spacial score (nSPS) is 11.4. The lowest BCUT2D eigenvalue weighted by Crippen LogP contribution is -2.19. The van der Waals surface area contributed by atoms with E-state index in [1.165, 1.54) is 0 Å². The van der Waals surface area contributed by atoms with Crippen LogP contribution in [0.15, 0.2) is 76.5 Å².